The van der Waals surface area contributed by atoms with Gasteiger partial charge in [-0.2, -0.15) is 0 Å². The van der Waals surface area contributed by atoms with Crippen LogP contribution in [0.4, 0.5) is 10.5 Å². The second kappa shape index (κ2) is 12.7. The van der Waals surface area contributed by atoms with Crippen molar-refractivity contribution >= 4 is 28.8 Å². The lowest BCUT2D eigenvalue weighted by Crippen LogP contribution is -2.49. The van der Waals surface area contributed by atoms with E-state index in [9.17, 15) is 9.59 Å². The molecule has 0 aliphatic carbocycles. The topological polar surface area (TPSA) is 96.7 Å². The van der Waals surface area contributed by atoms with Crippen LogP contribution in [0.1, 0.15) is 33.1 Å². The van der Waals surface area contributed by atoms with E-state index in [0.29, 0.717) is 43.3 Å². The Labute approximate surface area is 216 Å². The molecular formula is C29H32N4O4. The zero-order valence-electron chi connectivity index (χ0n) is 21.2. The molecule has 192 valence electrons. The number of anilines is 1. The fourth-order valence-corrected chi connectivity index (χ4v) is 3.94. The molecule has 4 aromatic rings. The van der Waals surface area contributed by atoms with Gasteiger partial charge in [-0.3, -0.25) is 4.79 Å². The van der Waals surface area contributed by atoms with E-state index in [1.807, 2.05) is 79.7 Å². The van der Waals surface area contributed by atoms with Gasteiger partial charge in [-0.15, -0.1) is 0 Å². The van der Waals surface area contributed by atoms with Gasteiger partial charge in [0.25, 0.3) is 0 Å². The average molecular weight is 501 g/mol. The maximum atomic E-state index is 13.0. The van der Waals surface area contributed by atoms with Gasteiger partial charge < -0.3 is 14.5 Å². The van der Waals surface area contributed by atoms with Crippen molar-refractivity contribution in [1.82, 2.24) is 15.7 Å². The summed E-state index contributed by atoms with van der Waals surface area (Å²) in [6.07, 6.45) is 1.60. The molecule has 0 atom stereocenters. The summed E-state index contributed by atoms with van der Waals surface area (Å²) in [4.78, 5) is 29.4. The van der Waals surface area contributed by atoms with Crippen LogP contribution >= 0.6 is 0 Å². The molecule has 8 heteroatoms. The molecule has 0 fully saturated rings. The highest BCUT2D eigenvalue weighted by Crippen LogP contribution is 2.32. The molecule has 8 nitrogen and oxygen atoms in total. The first-order valence-electron chi connectivity index (χ1n) is 12.6. The molecular weight excluding hydrogens is 468 g/mol. The van der Waals surface area contributed by atoms with Gasteiger partial charge in [-0.25, -0.2) is 20.2 Å². The van der Waals surface area contributed by atoms with Crippen LogP contribution in [0, 0.1) is 0 Å². The van der Waals surface area contributed by atoms with Gasteiger partial charge in [0.2, 0.25) is 5.89 Å². The highest BCUT2D eigenvalue weighted by molar-refractivity contribution is 5.93. The third kappa shape index (κ3) is 6.54. The summed E-state index contributed by atoms with van der Waals surface area (Å²) in [5, 5.41) is 4.35. The quantitative estimate of drug-likeness (QED) is 0.150. The number of amides is 2. The van der Waals surface area contributed by atoms with Crippen LogP contribution in [0.25, 0.3) is 33.7 Å². The predicted octanol–water partition coefficient (Wildman–Crippen LogP) is 5.94. The minimum atomic E-state index is -0.307. The number of nitrogens with one attached hydrogen (secondary N) is 2. The number of aromatic nitrogens is 1. The molecule has 4 rings (SSSR count). The Balaban J connectivity index is 1.55. The Bertz CT molecular complexity index is 1340. The fourth-order valence-electron chi connectivity index (χ4n) is 3.94. The lowest BCUT2D eigenvalue weighted by Gasteiger charge is -2.24. The Morgan fingerprint density at radius 1 is 0.946 bits per heavy atom. The number of nitrogens with zero attached hydrogens (tertiary/aromatic N) is 2. The Hall–Kier alpha value is -4.17. The Kier molecular flexibility index (Phi) is 8.89. The van der Waals surface area contributed by atoms with Crippen molar-refractivity contribution in [3.8, 4) is 22.6 Å². The van der Waals surface area contributed by atoms with E-state index in [0.717, 1.165) is 28.6 Å². The highest BCUT2D eigenvalue weighted by Gasteiger charge is 2.18. The molecule has 2 N–H and O–H groups in total. The van der Waals surface area contributed by atoms with Crippen molar-refractivity contribution in [2.75, 3.05) is 24.7 Å². The van der Waals surface area contributed by atoms with E-state index >= 15 is 0 Å². The zero-order valence-corrected chi connectivity index (χ0v) is 21.2. The van der Waals surface area contributed by atoms with Crippen molar-refractivity contribution in [1.29, 1.82) is 0 Å². The van der Waals surface area contributed by atoms with Crippen LogP contribution < -0.4 is 15.8 Å². The third-order valence-electron chi connectivity index (χ3n) is 5.72. The number of ether oxygens (including phenoxy) is 1. The molecule has 0 saturated carbocycles. The normalized spacial score (nSPS) is 10.9. The predicted molar refractivity (Wildman–Crippen MR) is 145 cm³/mol. The van der Waals surface area contributed by atoms with E-state index in [1.165, 1.54) is 5.01 Å². The van der Waals surface area contributed by atoms with E-state index in [2.05, 4.69) is 10.7 Å². The number of hydrogen-bond donors (Lipinski definition) is 2. The minimum absolute atomic E-state index is 0.259. The molecule has 0 aliphatic rings. The summed E-state index contributed by atoms with van der Waals surface area (Å²) < 4.78 is 11.1. The molecule has 3 aromatic carbocycles. The molecule has 0 bridgehead atoms. The second-order valence-corrected chi connectivity index (χ2v) is 8.47. The SMILES string of the molecule is CCCNN(C(=O)NCCCC(=O)OCC)c1cccc(-c2nc3c(-c4ccccc4)cccc3o2)c1. The molecule has 37 heavy (non-hydrogen) atoms. The van der Waals surface area contributed by atoms with Gasteiger partial charge in [-0.05, 0) is 49.6 Å². The van der Waals surface area contributed by atoms with E-state index in [-0.39, 0.29) is 18.4 Å². The van der Waals surface area contributed by atoms with Crippen LogP contribution in [-0.4, -0.2) is 36.7 Å². The summed E-state index contributed by atoms with van der Waals surface area (Å²) >= 11 is 0. The standard InChI is InChI=1S/C29H32N4O4/c1-3-18-31-33(29(35)30-19-10-17-26(34)36-4-2)23-14-8-13-22(20-23)28-32-27-24(15-9-16-25(27)37-28)21-11-6-5-7-12-21/h5-9,11-16,20,31H,3-4,10,17-19H2,1-2H3,(H,30,35). The summed E-state index contributed by atoms with van der Waals surface area (Å²) in [6, 6.07) is 23.2. The van der Waals surface area contributed by atoms with Crippen LogP contribution in [0.3, 0.4) is 0 Å². The third-order valence-corrected chi connectivity index (χ3v) is 5.72. The van der Waals surface area contributed by atoms with E-state index in [4.69, 9.17) is 14.1 Å². The minimum Gasteiger partial charge on any atom is -0.466 e. The molecule has 1 aromatic heterocycles. The maximum absolute atomic E-state index is 13.0. The first-order valence-corrected chi connectivity index (χ1v) is 12.6. The van der Waals surface area contributed by atoms with E-state index in [1.54, 1.807) is 6.92 Å². The Morgan fingerprint density at radius 3 is 2.51 bits per heavy atom. The lowest BCUT2D eigenvalue weighted by molar-refractivity contribution is -0.143. The van der Waals surface area contributed by atoms with Gasteiger partial charge in [0, 0.05) is 30.6 Å². The van der Waals surface area contributed by atoms with E-state index < -0.39 is 0 Å². The van der Waals surface area contributed by atoms with Crippen molar-refractivity contribution in [3.05, 3.63) is 72.8 Å². The molecule has 0 aliphatic heterocycles. The van der Waals surface area contributed by atoms with Crippen molar-refractivity contribution in [2.45, 2.75) is 33.1 Å². The molecule has 0 unspecified atom stereocenters. The number of para-hydroxylation sites is 1. The monoisotopic (exact) mass is 500 g/mol. The molecule has 0 saturated heterocycles. The number of fused-ring (bicyclic) bond motifs is 1. The number of hydrogen-bond acceptors (Lipinski definition) is 6. The number of rotatable bonds is 11. The summed E-state index contributed by atoms with van der Waals surface area (Å²) in [6.45, 7) is 5.12. The Morgan fingerprint density at radius 2 is 1.73 bits per heavy atom. The van der Waals surface area contributed by atoms with Crippen molar-refractivity contribution < 1.29 is 18.7 Å². The highest BCUT2D eigenvalue weighted by atomic mass is 16.5. The summed E-state index contributed by atoms with van der Waals surface area (Å²) in [7, 11) is 0. The van der Waals surface area contributed by atoms with Crippen LogP contribution in [0.5, 0.6) is 0 Å². The first-order chi connectivity index (χ1) is 18.1. The van der Waals surface area contributed by atoms with Gasteiger partial charge in [0.05, 0.1) is 12.3 Å². The number of urea groups is 1. The molecule has 0 spiro atoms. The number of hydrazine groups is 1. The van der Waals surface area contributed by atoms with Gasteiger partial charge in [-0.1, -0.05) is 55.5 Å². The molecule has 2 amide bonds. The van der Waals surface area contributed by atoms with Crippen molar-refractivity contribution in [2.24, 2.45) is 0 Å². The fraction of sp³-hybridized carbons (Fsp3) is 0.276. The molecule has 0 radical (unpaired) electrons. The molecule has 1 heterocycles. The summed E-state index contributed by atoms with van der Waals surface area (Å²) in [5.74, 6) is 0.213. The number of carbonyl (C=O) groups is 2. The van der Waals surface area contributed by atoms with Gasteiger partial charge in [0.1, 0.15) is 5.52 Å². The van der Waals surface area contributed by atoms with Crippen molar-refractivity contribution in [3.63, 3.8) is 0 Å². The smallest absolute Gasteiger partial charge is 0.336 e. The number of oxazole rings is 1. The van der Waals surface area contributed by atoms with Crippen LogP contribution in [0.2, 0.25) is 0 Å². The second-order valence-electron chi connectivity index (χ2n) is 8.47. The largest absolute Gasteiger partial charge is 0.466 e. The zero-order chi connectivity index (χ0) is 26.0. The summed E-state index contributed by atoms with van der Waals surface area (Å²) in [5.41, 5.74) is 8.12. The number of esters is 1. The van der Waals surface area contributed by atoms with Gasteiger partial charge >= 0.3 is 12.0 Å². The maximum Gasteiger partial charge on any atom is 0.336 e. The lowest BCUT2D eigenvalue weighted by atomic mass is 10.0. The number of carbonyl (C=O) groups excluding carboxylic acids is 2. The average Bonchev–Trinajstić information content (AvgIpc) is 3.37. The number of benzene rings is 3. The van der Waals surface area contributed by atoms with Crippen LogP contribution in [0.15, 0.2) is 77.2 Å². The van der Waals surface area contributed by atoms with Crippen LogP contribution in [-0.2, 0) is 9.53 Å². The van der Waals surface area contributed by atoms with Gasteiger partial charge in [0.15, 0.2) is 5.58 Å². The first kappa shape index (κ1) is 25.9.